The molecule has 31 heavy (non-hydrogen) atoms. The lowest BCUT2D eigenvalue weighted by molar-refractivity contribution is -0.384. The lowest BCUT2D eigenvalue weighted by atomic mass is 10.1. The monoisotopic (exact) mass is 435 g/mol. The molecule has 158 valence electrons. The number of anilines is 1. The lowest BCUT2D eigenvalue weighted by Gasteiger charge is -2.20. The third-order valence-electron chi connectivity index (χ3n) is 4.96. The highest BCUT2D eigenvalue weighted by molar-refractivity contribution is 7.22. The quantitative estimate of drug-likeness (QED) is 0.308. The van der Waals surface area contributed by atoms with Gasteiger partial charge in [-0.1, -0.05) is 23.5 Å². The number of imidazole rings is 1. The van der Waals surface area contributed by atoms with Crippen LogP contribution in [0.5, 0.6) is 0 Å². The van der Waals surface area contributed by atoms with Crippen LogP contribution < -0.4 is 4.90 Å². The summed E-state index contributed by atoms with van der Waals surface area (Å²) in [4.78, 5) is 34.5. The van der Waals surface area contributed by atoms with Gasteiger partial charge in [0, 0.05) is 43.2 Å². The van der Waals surface area contributed by atoms with E-state index in [1.54, 1.807) is 23.5 Å². The maximum atomic E-state index is 13.4. The summed E-state index contributed by atoms with van der Waals surface area (Å²) in [5, 5.41) is 11.8. The molecule has 0 radical (unpaired) electrons. The molecule has 2 aromatic carbocycles. The van der Waals surface area contributed by atoms with Crippen LogP contribution in [0.2, 0.25) is 0 Å². The number of nitro groups is 1. The average molecular weight is 436 g/mol. The number of hydrogen-bond donors (Lipinski definition) is 0. The predicted molar refractivity (Wildman–Crippen MR) is 121 cm³/mol. The summed E-state index contributed by atoms with van der Waals surface area (Å²) in [7, 11) is 0. The summed E-state index contributed by atoms with van der Waals surface area (Å²) >= 11 is 1.46. The van der Waals surface area contributed by atoms with Gasteiger partial charge >= 0.3 is 0 Å². The smallest absolute Gasteiger partial charge is 0.270 e. The first kappa shape index (κ1) is 20.7. The van der Waals surface area contributed by atoms with Crippen LogP contribution in [-0.2, 0) is 6.54 Å². The molecule has 0 bridgehead atoms. The topological polar surface area (TPSA) is 94.2 Å². The molecule has 0 spiro atoms. The summed E-state index contributed by atoms with van der Waals surface area (Å²) < 4.78 is 2.96. The number of thiazole rings is 1. The Balaban J connectivity index is 1.68. The molecule has 9 heteroatoms. The molecule has 1 amide bonds. The summed E-state index contributed by atoms with van der Waals surface area (Å²) in [5.74, 6) is -0.303. The van der Waals surface area contributed by atoms with Gasteiger partial charge in [0.1, 0.15) is 0 Å². The fourth-order valence-electron chi connectivity index (χ4n) is 3.50. The van der Waals surface area contributed by atoms with Gasteiger partial charge in [-0.25, -0.2) is 9.97 Å². The molecule has 0 saturated carbocycles. The molecule has 0 aliphatic rings. The number of rotatable bonds is 7. The summed E-state index contributed by atoms with van der Waals surface area (Å²) in [5.41, 5.74) is 3.22. The maximum Gasteiger partial charge on any atom is 0.270 e. The molecule has 0 unspecified atom stereocenters. The molecule has 2 heterocycles. The third-order valence-corrected chi connectivity index (χ3v) is 5.98. The molecule has 0 aliphatic carbocycles. The number of amides is 1. The van der Waals surface area contributed by atoms with Crippen LogP contribution in [0, 0.1) is 24.0 Å². The molecule has 0 fully saturated rings. The van der Waals surface area contributed by atoms with Gasteiger partial charge in [-0.3, -0.25) is 19.8 Å². The van der Waals surface area contributed by atoms with Crippen molar-refractivity contribution >= 4 is 38.3 Å². The van der Waals surface area contributed by atoms with Crippen LogP contribution in [0.4, 0.5) is 10.8 Å². The Morgan fingerprint density at radius 2 is 2.10 bits per heavy atom. The first-order valence-electron chi connectivity index (χ1n) is 9.82. The second-order valence-electron chi connectivity index (χ2n) is 7.34. The lowest BCUT2D eigenvalue weighted by Crippen LogP contribution is -2.32. The van der Waals surface area contributed by atoms with E-state index in [-0.39, 0.29) is 17.2 Å². The fourth-order valence-corrected chi connectivity index (χ4v) is 4.66. The molecule has 4 rings (SSSR count). The second kappa shape index (κ2) is 8.65. The minimum atomic E-state index is -0.496. The number of hydrogen-bond acceptors (Lipinski definition) is 6. The molecular weight excluding hydrogens is 414 g/mol. The van der Waals surface area contributed by atoms with Crippen molar-refractivity contribution < 1.29 is 9.72 Å². The zero-order chi connectivity index (χ0) is 22.0. The molecule has 0 saturated heterocycles. The summed E-state index contributed by atoms with van der Waals surface area (Å²) in [6.45, 7) is 5.16. The molecule has 0 aliphatic heterocycles. The SMILES string of the molecule is Cc1cc(C)c2nc(N(CCCn3ccnc3)C(=O)c3cccc([N+](=O)[O-])c3)sc2c1. The van der Waals surface area contributed by atoms with Crippen LogP contribution in [0.1, 0.15) is 27.9 Å². The van der Waals surface area contributed by atoms with Gasteiger partial charge in [0.05, 0.1) is 21.5 Å². The Bertz CT molecular complexity index is 1250. The van der Waals surface area contributed by atoms with Gasteiger partial charge in [-0.2, -0.15) is 0 Å². The fraction of sp³-hybridized carbons (Fsp3) is 0.227. The second-order valence-corrected chi connectivity index (χ2v) is 8.35. The van der Waals surface area contributed by atoms with Gasteiger partial charge in [-0.05, 0) is 43.5 Å². The van der Waals surface area contributed by atoms with Crippen LogP contribution in [0.3, 0.4) is 0 Å². The van der Waals surface area contributed by atoms with E-state index in [4.69, 9.17) is 4.98 Å². The van der Waals surface area contributed by atoms with Gasteiger partial charge in [-0.15, -0.1) is 0 Å². The molecule has 0 atom stereocenters. The van der Waals surface area contributed by atoms with E-state index in [1.165, 1.54) is 29.5 Å². The highest BCUT2D eigenvalue weighted by Crippen LogP contribution is 2.32. The van der Waals surface area contributed by atoms with Crippen LogP contribution in [0.25, 0.3) is 10.2 Å². The molecule has 4 aromatic rings. The Hall–Kier alpha value is -3.59. The third kappa shape index (κ3) is 4.46. The number of nitrogens with zero attached hydrogens (tertiary/aromatic N) is 5. The number of aryl methyl sites for hydroxylation is 3. The number of nitro benzene ring substituents is 1. The van der Waals surface area contributed by atoms with E-state index in [0.29, 0.717) is 24.6 Å². The number of benzene rings is 2. The average Bonchev–Trinajstić information content (AvgIpc) is 3.40. The van der Waals surface area contributed by atoms with Crippen molar-refractivity contribution in [1.29, 1.82) is 0 Å². The summed E-state index contributed by atoms with van der Waals surface area (Å²) in [6.07, 6.45) is 6.00. The van der Waals surface area contributed by atoms with E-state index in [2.05, 4.69) is 17.1 Å². The van der Waals surface area contributed by atoms with Gasteiger partial charge < -0.3 is 4.57 Å². The first-order chi connectivity index (χ1) is 14.9. The van der Waals surface area contributed by atoms with Crippen molar-refractivity contribution in [2.24, 2.45) is 0 Å². The zero-order valence-corrected chi connectivity index (χ0v) is 18.0. The summed E-state index contributed by atoms with van der Waals surface area (Å²) in [6, 6.07) is 9.95. The van der Waals surface area contributed by atoms with Crippen molar-refractivity contribution in [3.63, 3.8) is 0 Å². The van der Waals surface area contributed by atoms with Crippen molar-refractivity contribution in [1.82, 2.24) is 14.5 Å². The minimum Gasteiger partial charge on any atom is -0.337 e. The van der Waals surface area contributed by atoms with E-state index >= 15 is 0 Å². The molecular formula is C22H21N5O3S. The number of carbonyl (C=O) groups is 1. The van der Waals surface area contributed by atoms with Gasteiger partial charge in [0.25, 0.3) is 11.6 Å². The molecule has 8 nitrogen and oxygen atoms in total. The Morgan fingerprint density at radius 1 is 1.26 bits per heavy atom. The van der Waals surface area contributed by atoms with Crippen molar-refractivity contribution in [3.05, 3.63) is 81.9 Å². The van der Waals surface area contributed by atoms with Crippen LogP contribution in [-0.4, -0.2) is 31.9 Å². The number of fused-ring (bicyclic) bond motifs is 1. The van der Waals surface area contributed by atoms with Crippen molar-refractivity contribution in [2.75, 3.05) is 11.4 Å². The minimum absolute atomic E-state index is 0.111. The largest absolute Gasteiger partial charge is 0.337 e. The van der Waals surface area contributed by atoms with Crippen LogP contribution >= 0.6 is 11.3 Å². The maximum absolute atomic E-state index is 13.4. The number of non-ortho nitro benzene ring substituents is 1. The first-order valence-corrected chi connectivity index (χ1v) is 10.6. The van der Waals surface area contributed by atoms with Gasteiger partial charge in [0.2, 0.25) is 0 Å². The number of carbonyl (C=O) groups excluding carboxylic acids is 1. The van der Waals surface area contributed by atoms with Crippen molar-refractivity contribution in [2.45, 2.75) is 26.8 Å². The number of aromatic nitrogens is 3. The molecule has 2 aromatic heterocycles. The predicted octanol–water partition coefficient (Wildman–Crippen LogP) is 4.75. The van der Waals surface area contributed by atoms with E-state index in [1.807, 2.05) is 24.6 Å². The Kier molecular flexibility index (Phi) is 5.77. The van der Waals surface area contributed by atoms with E-state index in [9.17, 15) is 14.9 Å². The standard InChI is InChI=1S/C22H21N5O3S/c1-15-11-16(2)20-19(12-15)31-22(24-20)26(9-4-8-25-10-7-23-14-25)21(28)17-5-3-6-18(13-17)27(29)30/h3,5-7,10-14H,4,8-9H2,1-2H3. The normalized spacial score (nSPS) is 11.0. The zero-order valence-electron chi connectivity index (χ0n) is 17.2. The van der Waals surface area contributed by atoms with Gasteiger partial charge in [0.15, 0.2) is 5.13 Å². The van der Waals surface area contributed by atoms with E-state index in [0.717, 1.165) is 21.3 Å². The van der Waals surface area contributed by atoms with E-state index < -0.39 is 4.92 Å². The van der Waals surface area contributed by atoms with Crippen LogP contribution in [0.15, 0.2) is 55.1 Å². The Morgan fingerprint density at radius 3 is 2.84 bits per heavy atom. The van der Waals surface area contributed by atoms with Crippen molar-refractivity contribution in [3.8, 4) is 0 Å². The highest BCUT2D eigenvalue weighted by Gasteiger charge is 2.23. The highest BCUT2D eigenvalue weighted by atomic mass is 32.1. The Labute approximate surface area is 182 Å². The molecule has 0 N–H and O–H groups in total.